The first-order valence-corrected chi connectivity index (χ1v) is 7.20. The van der Waals surface area contributed by atoms with E-state index in [2.05, 4.69) is 21.1 Å². The highest BCUT2D eigenvalue weighted by Gasteiger charge is 2.21. The summed E-state index contributed by atoms with van der Waals surface area (Å²) in [6.45, 7) is 0. The maximum absolute atomic E-state index is 13.5. The molecule has 0 radical (unpaired) electrons. The summed E-state index contributed by atoms with van der Waals surface area (Å²) in [5.74, 6) is -0.242. The molecule has 0 bridgehead atoms. The Morgan fingerprint density at radius 1 is 1.14 bits per heavy atom. The van der Waals surface area contributed by atoms with E-state index in [-0.39, 0.29) is 11.7 Å². The smallest absolute Gasteiger partial charge is 0.230 e. The number of rotatable bonds is 2. The standard InChI is InChI=1S/C15H9BrClFN2O/c16-11-6-5-8(18)7-10(11)14-13(15(19)21-20-14)9-3-1-2-4-12(9)17/h1-7H,19H2. The van der Waals surface area contributed by atoms with Crippen molar-refractivity contribution in [1.82, 2.24) is 5.16 Å². The molecule has 0 spiro atoms. The first-order valence-electron chi connectivity index (χ1n) is 6.03. The summed E-state index contributed by atoms with van der Waals surface area (Å²) in [7, 11) is 0. The molecule has 3 aromatic rings. The highest BCUT2D eigenvalue weighted by Crippen LogP contribution is 2.41. The van der Waals surface area contributed by atoms with Gasteiger partial charge in [-0.2, -0.15) is 0 Å². The van der Waals surface area contributed by atoms with Crippen LogP contribution in [0.4, 0.5) is 10.3 Å². The van der Waals surface area contributed by atoms with Gasteiger partial charge in [-0.25, -0.2) is 4.39 Å². The van der Waals surface area contributed by atoms with Crippen molar-refractivity contribution >= 4 is 33.4 Å². The van der Waals surface area contributed by atoms with Gasteiger partial charge in [0, 0.05) is 20.6 Å². The number of halogens is 3. The number of nitrogen functional groups attached to an aromatic ring is 1. The Morgan fingerprint density at radius 3 is 2.67 bits per heavy atom. The predicted octanol–water partition coefficient (Wildman–Crippen LogP) is 5.15. The lowest BCUT2D eigenvalue weighted by molar-refractivity contribution is 0.439. The molecule has 0 saturated heterocycles. The summed E-state index contributed by atoms with van der Waals surface area (Å²) in [5, 5.41) is 4.47. The van der Waals surface area contributed by atoms with Gasteiger partial charge in [0.25, 0.3) is 0 Å². The second-order valence-electron chi connectivity index (χ2n) is 4.37. The molecule has 0 aliphatic heterocycles. The lowest BCUT2D eigenvalue weighted by atomic mass is 10.0. The normalized spacial score (nSPS) is 10.8. The van der Waals surface area contributed by atoms with Gasteiger partial charge in [-0.1, -0.05) is 50.9 Å². The lowest BCUT2D eigenvalue weighted by Crippen LogP contribution is -1.90. The van der Waals surface area contributed by atoms with Crippen molar-refractivity contribution in [1.29, 1.82) is 0 Å². The van der Waals surface area contributed by atoms with Gasteiger partial charge in [-0.3, -0.25) is 0 Å². The quantitative estimate of drug-likeness (QED) is 0.682. The molecule has 0 atom stereocenters. The third kappa shape index (κ3) is 2.54. The average molecular weight is 368 g/mol. The Kier molecular flexibility index (Phi) is 3.69. The van der Waals surface area contributed by atoms with Crippen molar-refractivity contribution in [2.24, 2.45) is 0 Å². The van der Waals surface area contributed by atoms with Crippen molar-refractivity contribution in [3.8, 4) is 22.4 Å². The van der Waals surface area contributed by atoms with Crippen LogP contribution in [0.5, 0.6) is 0 Å². The minimum atomic E-state index is -0.375. The summed E-state index contributed by atoms with van der Waals surface area (Å²) < 4.78 is 19.3. The number of nitrogens with zero attached hydrogens (tertiary/aromatic N) is 1. The third-order valence-corrected chi connectivity index (χ3v) is 4.07. The molecule has 3 nitrogen and oxygen atoms in total. The van der Waals surface area contributed by atoms with Gasteiger partial charge in [-0.05, 0) is 24.3 Å². The summed E-state index contributed by atoms with van der Waals surface area (Å²) in [6.07, 6.45) is 0. The van der Waals surface area contributed by atoms with Crippen LogP contribution in [0.2, 0.25) is 5.02 Å². The maximum atomic E-state index is 13.5. The van der Waals surface area contributed by atoms with E-state index < -0.39 is 0 Å². The van der Waals surface area contributed by atoms with Crippen LogP contribution in [0.15, 0.2) is 51.5 Å². The number of aromatic nitrogens is 1. The molecular formula is C15H9BrClFN2O. The molecule has 0 aliphatic rings. The van der Waals surface area contributed by atoms with Gasteiger partial charge < -0.3 is 10.3 Å². The molecule has 0 amide bonds. The Morgan fingerprint density at radius 2 is 1.90 bits per heavy atom. The number of nitrogens with two attached hydrogens (primary N) is 1. The first kappa shape index (κ1) is 14.1. The van der Waals surface area contributed by atoms with Crippen LogP contribution in [0.25, 0.3) is 22.4 Å². The van der Waals surface area contributed by atoms with Gasteiger partial charge in [0.2, 0.25) is 5.88 Å². The Hall–Kier alpha value is -1.85. The zero-order valence-corrected chi connectivity index (χ0v) is 13.0. The van der Waals surface area contributed by atoms with Crippen molar-refractivity contribution in [3.63, 3.8) is 0 Å². The van der Waals surface area contributed by atoms with E-state index in [9.17, 15) is 4.39 Å². The van der Waals surface area contributed by atoms with E-state index in [4.69, 9.17) is 21.9 Å². The summed E-state index contributed by atoms with van der Waals surface area (Å²) in [4.78, 5) is 0. The largest absolute Gasteiger partial charge is 0.367 e. The Bertz CT molecular complexity index is 819. The van der Waals surface area contributed by atoms with Crippen LogP contribution in [0.1, 0.15) is 0 Å². The number of benzene rings is 2. The molecule has 0 aliphatic carbocycles. The molecule has 106 valence electrons. The van der Waals surface area contributed by atoms with Gasteiger partial charge in [0.15, 0.2) is 0 Å². The van der Waals surface area contributed by atoms with Crippen molar-refractivity contribution in [2.45, 2.75) is 0 Å². The second kappa shape index (κ2) is 5.50. The van der Waals surface area contributed by atoms with Gasteiger partial charge >= 0.3 is 0 Å². The number of hydrogen-bond acceptors (Lipinski definition) is 3. The number of hydrogen-bond donors (Lipinski definition) is 1. The Labute approximate surface area is 133 Å². The van der Waals surface area contributed by atoms with Crippen LogP contribution in [0, 0.1) is 5.82 Å². The minimum absolute atomic E-state index is 0.134. The van der Waals surface area contributed by atoms with Crippen LogP contribution in [-0.2, 0) is 0 Å². The van der Waals surface area contributed by atoms with Crippen LogP contribution >= 0.6 is 27.5 Å². The fraction of sp³-hybridized carbons (Fsp3) is 0. The summed E-state index contributed by atoms with van der Waals surface area (Å²) in [6, 6.07) is 11.5. The second-order valence-corrected chi connectivity index (χ2v) is 5.64. The van der Waals surface area contributed by atoms with Crippen LogP contribution < -0.4 is 5.73 Å². The molecule has 21 heavy (non-hydrogen) atoms. The van der Waals surface area contributed by atoms with Crippen LogP contribution in [0.3, 0.4) is 0 Å². The molecule has 0 saturated carbocycles. The van der Waals surface area contributed by atoms with E-state index in [0.717, 1.165) is 0 Å². The van der Waals surface area contributed by atoms with Crippen molar-refractivity contribution < 1.29 is 8.91 Å². The Balaban J connectivity index is 2.27. The SMILES string of the molecule is Nc1onc(-c2cc(F)ccc2Br)c1-c1ccccc1Cl. The zero-order valence-electron chi connectivity index (χ0n) is 10.6. The number of anilines is 1. The highest BCUT2D eigenvalue weighted by molar-refractivity contribution is 9.10. The van der Waals surface area contributed by atoms with Crippen molar-refractivity contribution in [3.05, 3.63) is 57.8 Å². The van der Waals surface area contributed by atoms with Crippen LogP contribution in [-0.4, -0.2) is 5.16 Å². The van der Waals surface area contributed by atoms with Gasteiger partial charge in [-0.15, -0.1) is 0 Å². The van der Waals surface area contributed by atoms with E-state index in [0.29, 0.717) is 31.9 Å². The minimum Gasteiger partial charge on any atom is -0.367 e. The van der Waals surface area contributed by atoms with E-state index in [1.54, 1.807) is 12.1 Å². The monoisotopic (exact) mass is 366 g/mol. The van der Waals surface area contributed by atoms with E-state index in [1.807, 2.05) is 18.2 Å². The average Bonchev–Trinajstić information content (AvgIpc) is 2.84. The molecular weight excluding hydrogens is 359 g/mol. The van der Waals surface area contributed by atoms with E-state index in [1.165, 1.54) is 12.1 Å². The highest BCUT2D eigenvalue weighted by atomic mass is 79.9. The molecule has 1 heterocycles. The molecule has 0 fully saturated rings. The first-order chi connectivity index (χ1) is 10.1. The topological polar surface area (TPSA) is 52.0 Å². The van der Waals surface area contributed by atoms with Gasteiger partial charge in [0.1, 0.15) is 11.5 Å². The molecule has 2 N–H and O–H groups in total. The third-order valence-electron chi connectivity index (χ3n) is 3.05. The predicted molar refractivity (Wildman–Crippen MR) is 84.5 cm³/mol. The lowest BCUT2D eigenvalue weighted by Gasteiger charge is -2.06. The van der Waals surface area contributed by atoms with E-state index >= 15 is 0 Å². The summed E-state index contributed by atoms with van der Waals surface area (Å²) in [5.41, 5.74) is 8.09. The zero-order chi connectivity index (χ0) is 15.0. The molecule has 0 unspecified atom stereocenters. The maximum Gasteiger partial charge on any atom is 0.230 e. The fourth-order valence-electron chi connectivity index (χ4n) is 2.09. The molecule has 6 heteroatoms. The molecule has 1 aromatic heterocycles. The molecule has 2 aromatic carbocycles. The summed E-state index contributed by atoms with van der Waals surface area (Å²) >= 11 is 9.59. The van der Waals surface area contributed by atoms with Crippen molar-refractivity contribution in [2.75, 3.05) is 5.73 Å². The molecule has 3 rings (SSSR count). The fourth-order valence-corrected chi connectivity index (χ4v) is 2.75. The van der Waals surface area contributed by atoms with Gasteiger partial charge in [0.05, 0.1) is 5.56 Å².